The van der Waals surface area contributed by atoms with Crippen molar-refractivity contribution in [2.24, 2.45) is 0 Å². The van der Waals surface area contributed by atoms with Crippen LogP contribution in [0.4, 0.5) is 11.8 Å². The Labute approximate surface area is 110 Å². The van der Waals surface area contributed by atoms with Crippen LogP contribution in [0, 0.1) is 0 Å². The smallest absolute Gasteiger partial charge is 0.228 e. The molecule has 0 saturated carbocycles. The summed E-state index contributed by atoms with van der Waals surface area (Å²) in [6.45, 7) is 0. The van der Waals surface area contributed by atoms with Gasteiger partial charge in [-0.25, -0.2) is 15.0 Å². The first-order valence-electron chi connectivity index (χ1n) is 5.73. The van der Waals surface area contributed by atoms with Gasteiger partial charge in [0.25, 0.3) is 0 Å². The summed E-state index contributed by atoms with van der Waals surface area (Å²) in [5, 5.41) is 3.77. The lowest BCUT2D eigenvalue weighted by Gasteiger charge is -2.13. The zero-order valence-electron chi connectivity index (χ0n) is 9.60. The van der Waals surface area contributed by atoms with E-state index in [9.17, 15) is 0 Å². The van der Waals surface area contributed by atoms with Crippen LogP contribution in [-0.2, 0) is 6.42 Å². The van der Waals surface area contributed by atoms with Gasteiger partial charge in [-0.3, -0.25) is 0 Å². The molecule has 3 rings (SSSR count). The van der Waals surface area contributed by atoms with Gasteiger partial charge >= 0.3 is 0 Å². The molecule has 0 fully saturated rings. The summed E-state index contributed by atoms with van der Waals surface area (Å²) in [6.07, 6.45) is 7.32. The molecule has 0 aromatic carbocycles. The van der Waals surface area contributed by atoms with Crippen LogP contribution in [0.15, 0.2) is 36.7 Å². The zero-order valence-corrected chi connectivity index (χ0v) is 10.4. The number of pyridine rings is 1. The van der Waals surface area contributed by atoms with E-state index in [1.165, 1.54) is 5.56 Å². The van der Waals surface area contributed by atoms with E-state index in [4.69, 9.17) is 11.6 Å². The van der Waals surface area contributed by atoms with Crippen molar-refractivity contribution < 1.29 is 0 Å². The summed E-state index contributed by atoms with van der Waals surface area (Å²) >= 11 is 6.16. The highest BCUT2D eigenvalue weighted by Gasteiger charge is 2.13. The van der Waals surface area contributed by atoms with Crippen LogP contribution >= 0.6 is 11.6 Å². The maximum Gasteiger partial charge on any atom is 0.228 e. The van der Waals surface area contributed by atoms with Crippen molar-refractivity contribution >= 4 is 28.4 Å². The Balaban J connectivity index is 1.91. The quantitative estimate of drug-likeness (QED) is 0.899. The van der Waals surface area contributed by atoms with Gasteiger partial charge in [0.05, 0.1) is 10.7 Å². The molecule has 0 radical (unpaired) electrons. The molecule has 1 aliphatic rings. The number of aromatic nitrogens is 3. The van der Waals surface area contributed by atoms with Crippen molar-refractivity contribution in [2.45, 2.75) is 12.8 Å². The van der Waals surface area contributed by atoms with Crippen molar-refractivity contribution in [3.05, 3.63) is 47.9 Å². The summed E-state index contributed by atoms with van der Waals surface area (Å²) in [5.41, 5.74) is 2.03. The molecule has 0 atom stereocenters. The van der Waals surface area contributed by atoms with Crippen LogP contribution in [-0.4, -0.2) is 15.0 Å². The summed E-state index contributed by atoms with van der Waals surface area (Å²) in [5.74, 6) is 1.23. The molecule has 0 bridgehead atoms. The number of hydrogen-bond acceptors (Lipinski definition) is 4. The normalized spacial score (nSPS) is 13.7. The highest BCUT2D eigenvalue weighted by atomic mass is 35.5. The number of allylic oxidation sites excluding steroid dienone is 1. The topological polar surface area (TPSA) is 50.7 Å². The molecule has 2 aromatic rings. The molecule has 0 spiro atoms. The maximum absolute atomic E-state index is 6.16. The number of halogens is 1. The first kappa shape index (κ1) is 11.2. The minimum absolute atomic E-state index is 0.529. The van der Waals surface area contributed by atoms with Crippen LogP contribution < -0.4 is 5.32 Å². The first-order chi connectivity index (χ1) is 8.83. The fraction of sp³-hybridized carbons (Fsp3) is 0.154. The average molecular weight is 259 g/mol. The van der Waals surface area contributed by atoms with Gasteiger partial charge in [0, 0.05) is 12.4 Å². The van der Waals surface area contributed by atoms with E-state index in [1.54, 1.807) is 18.5 Å². The number of fused-ring (bicyclic) bond motifs is 1. The molecule has 1 N–H and O–H groups in total. The van der Waals surface area contributed by atoms with E-state index in [2.05, 4.69) is 20.3 Å². The highest BCUT2D eigenvalue weighted by molar-refractivity contribution is 6.48. The number of nitrogens with zero attached hydrogens (tertiary/aromatic N) is 3. The Bertz CT molecular complexity index is 595. The minimum Gasteiger partial charge on any atom is -0.309 e. The second-order valence-electron chi connectivity index (χ2n) is 3.99. The van der Waals surface area contributed by atoms with E-state index < -0.39 is 0 Å². The molecular formula is C13H11ClN4. The third-order valence-electron chi connectivity index (χ3n) is 2.75. The molecule has 0 aliphatic heterocycles. The van der Waals surface area contributed by atoms with E-state index in [0.717, 1.165) is 18.5 Å². The fourth-order valence-corrected chi connectivity index (χ4v) is 2.17. The summed E-state index contributed by atoms with van der Waals surface area (Å²) in [7, 11) is 0. The van der Waals surface area contributed by atoms with Gasteiger partial charge < -0.3 is 5.32 Å². The van der Waals surface area contributed by atoms with Crippen LogP contribution in [0.5, 0.6) is 0 Å². The molecule has 90 valence electrons. The molecule has 18 heavy (non-hydrogen) atoms. The maximum atomic E-state index is 6.16. The van der Waals surface area contributed by atoms with Crippen molar-refractivity contribution in [3.63, 3.8) is 0 Å². The largest absolute Gasteiger partial charge is 0.309 e. The monoisotopic (exact) mass is 258 g/mol. The van der Waals surface area contributed by atoms with E-state index in [-0.39, 0.29) is 0 Å². The van der Waals surface area contributed by atoms with Gasteiger partial charge in [0.15, 0.2) is 0 Å². The molecular weight excluding hydrogens is 248 g/mol. The van der Waals surface area contributed by atoms with Crippen molar-refractivity contribution in [1.29, 1.82) is 0 Å². The lowest BCUT2D eigenvalue weighted by molar-refractivity contribution is 0.961. The molecule has 0 unspecified atom stereocenters. The third kappa shape index (κ3) is 2.19. The number of nitrogens with one attached hydrogen (secondary N) is 1. The second-order valence-corrected chi connectivity index (χ2v) is 4.40. The minimum atomic E-state index is 0.529. The number of anilines is 2. The lowest BCUT2D eigenvalue weighted by atomic mass is 10.0. The first-order valence-corrected chi connectivity index (χ1v) is 6.11. The van der Waals surface area contributed by atoms with Crippen LogP contribution in [0.25, 0.3) is 5.03 Å². The van der Waals surface area contributed by atoms with Crippen LogP contribution in [0.3, 0.4) is 0 Å². The van der Waals surface area contributed by atoms with Gasteiger partial charge in [-0.05, 0) is 30.5 Å². The van der Waals surface area contributed by atoms with E-state index in [0.29, 0.717) is 16.8 Å². The number of aryl methyl sites for hydroxylation is 1. The fourth-order valence-electron chi connectivity index (χ4n) is 1.90. The van der Waals surface area contributed by atoms with Crippen molar-refractivity contribution in [1.82, 2.24) is 15.0 Å². The van der Waals surface area contributed by atoms with Crippen molar-refractivity contribution in [3.8, 4) is 0 Å². The summed E-state index contributed by atoms with van der Waals surface area (Å²) in [4.78, 5) is 12.7. The molecule has 2 aromatic heterocycles. The molecule has 1 aliphatic carbocycles. The average Bonchev–Trinajstić information content (AvgIpc) is 2.41. The molecule has 5 heteroatoms. The molecule has 0 amide bonds. The predicted molar refractivity (Wildman–Crippen MR) is 71.7 cm³/mol. The van der Waals surface area contributed by atoms with Crippen LogP contribution in [0.2, 0.25) is 0 Å². The van der Waals surface area contributed by atoms with Crippen molar-refractivity contribution in [2.75, 3.05) is 5.32 Å². The van der Waals surface area contributed by atoms with Crippen LogP contribution in [0.1, 0.15) is 17.7 Å². The Morgan fingerprint density at radius 1 is 1.17 bits per heavy atom. The predicted octanol–water partition coefficient (Wildman–Crippen LogP) is 3.14. The summed E-state index contributed by atoms with van der Waals surface area (Å²) < 4.78 is 0. The standard InChI is InChI=1S/C13H11ClN4/c14-10-4-1-3-9-5-6-11(17-12(9)10)18-13-15-7-2-8-16-13/h2,4-8H,1,3H2,(H,15,16,17,18). The Morgan fingerprint density at radius 2 is 2.00 bits per heavy atom. The highest BCUT2D eigenvalue weighted by Crippen LogP contribution is 2.28. The van der Waals surface area contributed by atoms with Gasteiger partial charge in [-0.1, -0.05) is 23.7 Å². The van der Waals surface area contributed by atoms with Gasteiger partial charge in [0.1, 0.15) is 5.82 Å². The summed E-state index contributed by atoms with van der Waals surface area (Å²) in [6, 6.07) is 5.73. The Morgan fingerprint density at radius 3 is 2.83 bits per heavy atom. The molecule has 0 saturated heterocycles. The van der Waals surface area contributed by atoms with Gasteiger partial charge in [-0.15, -0.1) is 0 Å². The second kappa shape index (κ2) is 4.74. The Hall–Kier alpha value is -1.94. The number of rotatable bonds is 2. The molecule has 4 nitrogen and oxygen atoms in total. The molecule has 2 heterocycles. The Kier molecular flexibility index (Phi) is 2.94. The lowest BCUT2D eigenvalue weighted by Crippen LogP contribution is -2.04. The SMILES string of the molecule is ClC1=CCCc2ccc(Nc3ncccn3)nc21. The number of hydrogen-bond donors (Lipinski definition) is 1. The van der Waals surface area contributed by atoms with Gasteiger partial charge in [-0.2, -0.15) is 0 Å². The third-order valence-corrected chi connectivity index (χ3v) is 3.08. The van der Waals surface area contributed by atoms with E-state index >= 15 is 0 Å². The van der Waals surface area contributed by atoms with Gasteiger partial charge in [0.2, 0.25) is 5.95 Å². The van der Waals surface area contributed by atoms with E-state index in [1.807, 2.05) is 18.2 Å². The zero-order chi connectivity index (χ0) is 12.4.